The van der Waals surface area contributed by atoms with Crippen LogP contribution in [0.15, 0.2) is 24.3 Å². The lowest BCUT2D eigenvalue weighted by Gasteiger charge is -2.05. The van der Waals surface area contributed by atoms with E-state index in [0.717, 1.165) is 10.1 Å². The maximum Gasteiger partial charge on any atom is 0.413 e. The number of rotatable bonds is 4. The minimum Gasteiger partial charge on any atom is -0.451 e. The first-order valence-corrected chi connectivity index (χ1v) is 7.53. The number of benzene rings is 1. The van der Waals surface area contributed by atoms with Crippen LogP contribution in [0.1, 0.15) is 16.6 Å². The molecule has 22 heavy (non-hydrogen) atoms. The first kappa shape index (κ1) is 16.3. The molecular weight excluding hydrogens is 330 g/mol. The van der Waals surface area contributed by atoms with Crippen LogP contribution in [-0.4, -0.2) is 31.2 Å². The zero-order chi connectivity index (χ0) is 16.1. The Bertz CT molecular complexity index is 727. The highest BCUT2D eigenvalue weighted by Gasteiger charge is 2.19. The van der Waals surface area contributed by atoms with Crippen molar-refractivity contribution in [1.29, 1.82) is 0 Å². The van der Waals surface area contributed by atoms with Crippen LogP contribution in [-0.2, 0) is 14.3 Å². The molecule has 0 radical (unpaired) electrons. The van der Waals surface area contributed by atoms with Crippen molar-refractivity contribution in [3.8, 4) is 0 Å². The number of nitrogens with one attached hydrogen (secondary N) is 1. The maximum absolute atomic E-state index is 12.0. The summed E-state index contributed by atoms with van der Waals surface area (Å²) in [5.41, 5.74) is 0. The number of hydrogen-bond donors (Lipinski definition) is 1. The largest absolute Gasteiger partial charge is 0.451 e. The number of halogens is 1. The summed E-state index contributed by atoms with van der Waals surface area (Å²) in [6.07, 6.45) is -0.886. The predicted molar refractivity (Wildman–Crippen MR) is 82.3 cm³/mol. The molecule has 0 atom stereocenters. The zero-order valence-electron chi connectivity index (χ0n) is 11.6. The smallest absolute Gasteiger partial charge is 0.413 e. The number of ether oxygens (including phenoxy) is 2. The standard InChI is InChI=1S/C14H12ClNO5S/c1-2-20-14(19)16-10(17)7-21-13(18)12-11(15)8-5-3-4-6-9(8)22-12/h3-6H,2,7H2,1H3,(H,16,17,19). The molecule has 0 aliphatic carbocycles. The number of carbonyl (C=O) groups excluding carboxylic acids is 3. The molecule has 0 spiro atoms. The minimum absolute atomic E-state index is 0.135. The van der Waals surface area contributed by atoms with Crippen LogP contribution in [0.3, 0.4) is 0 Å². The van der Waals surface area contributed by atoms with Gasteiger partial charge in [0.05, 0.1) is 11.6 Å². The molecular formula is C14H12ClNO5S. The average molecular weight is 342 g/mol. The van der Waals surface area contributed by atoms with Crippen LogP contribution in [0.25, 0.3) is 10.1 Å². The first-order valence-electron chi connectivity index (χ1n) is 6.33. The molecule has 8 heteroatoms. The van der Waals surface area contributed by atoms with Crippen molar-refractivity contribution >= 4 is 51.0 Å². The lowest BCUT2D eigenvalue weighted by Crippen LogP contribution is -2.34. The van der Waals surface area contributed by atoms with Crippen LogP contribution in [0.2, 0.25) is 5.02 Å². The lowest BCUT2D eigenvalue weighted by molar-refractivity contribution is -0.123. The van der Waals surface area contributed by atoms with Crippen molar-refractivity contribution in [2.45, 2.75) is 6.92 Å². The Morgan fingerprint density at radius 2 is 1.95 bits per heavy atom. The number of carbonyl (C=O) groups is 3. The van der Waals surface area contributed by atoms with Gasteiger partial charge in [0.2, 0.25) is 0 Å². The van der Waals surface area contributed by atoms with E-state index in [9.17, 15) is 14.4 Å². The van der Waals surface area contributed by atoms with Gasteiger partial charge >= 0.3 is 12.1 Å². The Kier molecular flexibility index (Phi) is 5.35. The molecule has 1 aromatic carbocycles. The molecule has 0 unspecified atom stereocenters. The van der Waals surface area contributed by atoms with E-state index in [1.165, 1.54) is 11.3 Å². The molecule has 0 saturated carbocycles. The Labute approximate surface area is 135 Å². The van der Waals surface area contributed by atoms with Crippen LogP contribution < -0.4 is 5.32 Å². The monoisotopic (exact) mass is 341 g/mol. The van der Waals surface area contributed by atoms with E-state index in [0.29, 0.717) is 0 Å². The quantitative estimate of drug-likeness (QED) is 0.864. The van der Waals surface area contributed by atoms with E-state index in [1.807, 2.05) is 23.5 Å². The average Bonchev–Trinajstić information content (AvgIpc) is 2.83. The van der Waals surface area contributed by atoms with Gasteiger partial charge in [0.25, 0.3) is 5.91 Å². The van der Waals surface area contributed by atoms with Crippen molar-refractivity contribution in [2.24, 2.45) is 0 Å². The SMILES string of the molecule is CCOC(=O)NC(=O)COC(=O)c1sc2ccccc2c1Cl. The molecule has 1 aromatic heterocycles. The van der Waals surface area contributed by atoms with Crippen LogP contribution in [0.4, 0.5) is 4.79 Å². The first-order chi connectivity index (χ1) is 10.5. The van der Waals surface area contributed by atoms with Crippen molar-refractivity contribution in [1.82, 2.24) is 5.32 Å². The number of hydrogen-bond acceptors (Lipinski definition) is 6. The fourth-order valence-corrected chi connectivity index (χ4v) is 3.06. The van der Waals surface area contributed by atoms with Gasteiger partial charge in [-0.3, -0.25) is 10.1 Å². The van der Waals surface area contributed by atoms with Crippen molar-refractivity contribution < 1.29 is 23.9 Å². The predicted octanol–water partition coefficient (Wildman–Crippen LogP) is 2.98. The zero-order valence-corrected chi connectivity index (χ0v) is 13.1. The third kappa shape index (κ3) is 3.75. The second-order valence-electron chi connectivity index (χ2n) is 4.09. The molecule has 116 valence electrons. The number of imide groups is 1. The van der Waals surface area contributed by atoms with E-state index in [4.69, 9.17) is 16.3 Å². The summed E-state index contributed by atoms with van der Waals surface area (Å²) >= 11 is 7.30. The third-order valence-corrected chi connectivity index (χ3v) is 4.23. The highest BCUT2D eigenvalue weighted by molar-refractivity contribution is 7.21. The van der Waals surface area contributed by atoms with E-state index in [2.05, 4.69) is 4.74 Å². The van der Waals surface area contributed by atoms with Gasteiger partial charge in [-0.1, -0.05) is 29.8 Å². The van der Waals surface area contributed by atoms with E-state index >= 15 is 0 Å². The van der Waals surface area contributed by atoms with Crippen molar-refractivity contribution in [3.05, 3.63) is 34.2 Å². The summed E-state index contributed by atoms with van der Waals surface area (Å²) < 4.78 is 10.2. The molecule has 0 aliphatic rings. The van der Waals surface area contributed by atoms with E-state index in [1.54, 1.807) is 13.0 Å². The summed E-state index contributed by atoms with van der Waals surface area (Å²) in [7, 11) is 0. The van der Waals surface area contributed by atoms with Gasteiger partial charge in [-0.15, -0.1) is 11.3 Å². The van der Waals surface area contributed by atoms with Gasteiger partial charge in [0.1, 0.15) is 4.88 Å². The molecule has 2 amide bonds. The van der Waals surface area contributed by atoms with Gasteiger partial charge in [-0.05, 0) is 13.0 Å². The second kappa shape index (κ2) is 7.24. The van der Waals surface area contributed by atoms with Gasteiger partial charge < -0.3 is 9.47 Å². The number of alkyl carbamates (subject to hydrolysis) is 1. The Morgan fingerprint density at radius 3 is 2.64 bits per heavy atom. The summed E-state index contributed by atoms with van der Waals surface area (Å²) in [5.74, 6) is -1.49. The number of fused-ring (bicyclic) bond motifs is 1. The Hall–Kier alpha value is -2.12. The molecule has 0 bridgehead atoms. The molecule has 0 saturated heterocycles. The fourth-order valence-electron chi connectivity index (χ4n) is 1.66. The topological polar surface area (TPSA) is 81.7 Å². The summed E-state index contributed by atoms with van der Waals surface area (Å²) in [4.78, 5) is 34.6. The second-order valence-corrected chi connectivity index (χ2v) is 5.52. The normalized spacial score (nSPS) is 10.3. The maximum atomic E-state index is 12.0. The molecule has 2 aromatic rings. The van der Waals surface area contributed by atoms with Crippen molar-refractivity contribution in [3.63, 3.8) is 0 Å². The van der Waals surface area contributed by atoms with Gasteiger partial charge in [0, 0.05) is 10.1 Å². The lowest BCUT2D eigenvalue weighted by atomic mass is 10.2. The highest BCUT2D eigenvalue weighted by Crippen LogP contribution is 2.35. The third-order valence-electron chi connectivity index (χ3n) is 2.57. The molecule has 0 aliphatic heterocycles. The summed E-state index contributed by atoms with van der Waals surface area (Å²) in [6, 6.07) is 7.26. The van der Waals surface area contributed by atoms with Crippen LogP contribution in [0.5, 0.6) is 0 Å². The van der Waals surface area contributed by atoms with Gasteiger partial charge in [-0.2, -0.15) is 0 Å². The fraction of sp³-hybridized carbons (Fsp3) is 0.214. The summed E-state index contributed by atoms with van der Waals surface area (Å²) in [6.45, 7) is 1.14. The van der Waals surface area contributed by atoms with Gasteiger partial charge in [0.15, 0.2) is 6.61 Å². The molecule has 2 rings (SSSR count). The van der Waals surface area contributed by atoms with Crippen LogP contribution in [0, 0.1) is 0 Å². The molecule has 1 N–H and O–H groups in total. The number of amides is 2. The molecule has 6 nitrogen and oxygen atoms in total. The van der Waals surface area contributed by atoms with E-state index in [-0.39, 0.29) is 16.5 Å². The van der Waals surface area contributed by atoms with Gasteiger partial charge in [-0.25, -0.2) is 9.59 Å². The van der Waals surface area contributed by atoms with E-state index < -0.39 is 24.6 Å². The summed E-state index contributed by atoms with van der Waals surface area (Å²) in [5, 5.41) is 2.96. The Balaban J connectivity index is 1.98. The highest BCUT2D eigenvalue weighted by atomic mass is 35.5. The molecule has 1 heterocycles. The minimum atomic E-state index is -0.886. The van der Waals surface area contributed by atoms with Crippen molar-refractivity contribution in [2.75, 3.05) is 13.2 Å². The Morgan fingerprint density at radius 1 is 1.23 bits per heavy atom. The number of esters is 1. The number of thiophene rings is 1. The molecule has 0 fully saturated rings. The van der Waals surface area contributed by atoms with Crippen LogP contribution >= 0.6 is 22.9 Å².